The van der Waals surface area contributed by atoms with Crippen molar-refractivity contribution in [1.29, 1.82) is 0 Å². The second kappa shape index (κ2) is 16.5. The number of carbonyl (C=O) groups is 1. The molecule has 0 unspecified atom stereocenters. The second-order valence-electron chi connectivity index (χ2n) is 13.0. The Morgan fingerprint density at radius 2 is 1.50 bits per heavy atom. The van der Waals surface area contributed by atoms with Gasteiger partial charge in [-0.2, -0.15) is 0 Å². The fraction of sp³-hybridized carbons (Fsp3) is 0.750. The van der Waals surface area contributed by atoms with Crippen molar-refractivity contribution in [3.8, 4) is 5.75 Å². The van der Waals surface area contributed by atoms with E-state index < -0.39 is 24.8 Å². The molecule has 4 nitrogen and oxygen atoms in total. The Kier molecular flexibility index (Phi) is 15.4. The minimum absolute atomic E-state index is 0.0701. The molecule has 0 heterocycles. The Bertz CT molecular complexity index is 864. The SMILES string of the molecule is CCC[CH2][Sn]([CH2]CCC)([CH2]CCC)[O]C(=O)[C@H](CCSC)N=Cc1cc(C(C)(C)C)cc(C(C)(C)C)c1O. The fourth-order valence-corrected chi connectivity index (χ4v) is 18.3. The third-order valence-electron chi connectivity index (χ3n) is 7.35. The number of unbranched alkanes of at least 4 members (excludes halogenated alkanes) is 3. The quantitative estimate of drug-likeness (QED) is 0.143. The number of aromatic hydroxyl groups is 1. The molecule has 0 aliphatic heterocycles. The molecule has 1 rings (SSSR count). The molecule has 1 aromatic rings. The Morgan fingerprint density at radius 3 is 1.92 bits per heavy atom. The summed E-state index contributed by atoms with van der Waals surface area (Å²) in [4.78, 5) is 18.6. The van der Waals surface area contributed by atoms with Crippen LogP contribution in [0, 0.1) is 0 Å². The molecule has 1 atom stereocenters. The van der Waals surface area contributed by atoms with E-state index in [4.69, 9.17) is 8.07 Å². The van der Waals surface area contributed by atoms with Gasteiger partial charge in [0.1, 0.15) is 0 Å². The number of phenols is 1. The van der Waals surface area contributed by atoms with E-state index in [1.165, 1.54) is 0 Å². The normalized spacial score (nSPS) is 13.7. The molecule has 0 bridgehead atoms. The van der Waals surface area contributed by atoms with Crippen molar-refractivity contribution in [2.45, 2.75) is 137 Å². The zero-order chi connectivity index (χ0) is 29.0. The van der Waals surface area contributed by atoms with Gasteiger partial charge in [-0.1, -0.05) is 0 Å². The van der Waals surface area contributed by atoms with Crippen LogP contribution in [0.15, 0.2) is 17.1 Å². The van der Waals surface area contributed by atoms with Crippen LogP contribution in [-0.2, 0) is 18.7 Å². The number of nitrogens with zero attached hydrogens (tertiary/aromatic N) is 1. The number of benzene rings is 1. The predicted molar refractivity (Wildman–Crippen MR) is 171 cm³/mol. The topological polar surface area (TPSA) is 58.9 Å². The molecule has 0 spiro atoms. The molecule has 0 radical (unpaired) electrons. The Balaban J connectivity index is 3.44. The van der Waals surface area contributed by atoms with Gasteiger partial charge in [0.2, 0.25) is 0 Å². The molecule has 38 heavy (non-hydrogen) atoms. The second-order valence-corrected chi connectivity index (χ2v) is 25.6. The molecule has 1 N–H and O–H groups in total. The zero-order valence-corrected chi connectivity index (χ0v) is 29.9. The number of hydrogen-bond donors (Lipinski definition) is 1. The van der Waals surface area contributed by atoms with Gasteiger partial charge in [-0.15, -0.1) is 0 Å². The van der Waals surface area contributed by atoms with Crippen molar-refractivity contribution < 1.29 is 13.0 Å². The molecule has 0 saturated carbocycles. The van der Waals surface area contributed by atoms with Crippen LogP contribution in [0.25, 0.3) is 0 Å². The summed E-state index contributed by atoms with van der Waals surface area (Å²) in [5.41, 5.74) is 2.46. The molecule has 6 heteroatoms. The van der Waals surface area contributed by atoms with Gasteiger partial charge in [0.15, 0.2) is 0 Å². The van der Waals surface area contributed by atoms with E-state index in [1.807, 2.05) is 6.07 Å². The fourth-order valence-electron chi connectivity index (χ4n) is 4.72. The van der Waals surface area contributed by atoms with Gasteiger partial charge in [-0.05, 0) is 0 Å². The van der Waals surface area contributed by atoms with E-state index in [1.54, 1.807) is 18.0 Å². The summed E-state index contributed by atoms with van der Waals surface area (Å²) in [5.74, 6) is 0.977. The van der Waals surface area contributed by atoms with Crippen LogP contribution in [-0.4, -0.2) is 54.1 Å². The van der Waals surface area contributed by atoms with Crippen molar-refractivity contribution in [3.63, 3.8) is 0 Å². The summed E-state index contributed by atoms with van der Waals surface area (Å²) >= 11 is -1.38. The van der Waals surface area contributed by atoms with E-state index in [9.17, 15) is 9.90 Å². The van der Waals surface area contributed by atoms with Crippen LogP contribution in [0.5, 0.6) is 5.75 Å². The number of thioether (sulfide) groups is 1. The van der Waals surface area contributed by atoms with Crippen LogP contribution in [0.4, 0.5) is 0 Å². The van der Waals surface area contributed by atoms with Crippen molar-refractivity contribution in [3.05, 3.63) is 28.8 Å². The Hall–Kier alpha value is -0.691. The standard InChI is InChI=1S/C20H31NO3S.3C4H9.Sn/c1-19(2,3)14-10-13(17(22)15(11-14)20(4,5)6)12-21-16(18(23)24)8-9-25-7;3*1-3-4-2;/h10-12,16,22H,8-9H2,1-7H3,(H,23,24);3*1,3-4H2,2H3;/q;;;;+1/p-1/t16-;;;;/m0..../s1. The average Bonchev–Trinajstić information content (AvgIpc) is 2.84. The summed E-state index contributed by atoms with van der Waals surface area (Å²) in [7, 11) is 0. The van der Waals surface area contributed by atoms with Crippen LogP contribution < -0.4 is 0 Å². The number of hydrogen-bond acceptors (Lipinski definition) is 5. The van der Waals surface area contributed by atoms with E-state index in [2.05, 4.69) is 74.6 Å². The molecule has 0 aliphatic rings. The first-order chi connectivity index (χ1) is 17.7. The molecule has 0 aromatic heterocycles. The summed E-state index contributed by atoms with van der Waals surface area (Å²) in [6.07, 6.45) is 11.3. The minimum atomic E-state index is -3.10. The number of phenolic OH excluding ortho intramolecular Hbond substituents is 1. The first-order valence-corrected chi connectivity index (χ1v) is 23.5. The van der Waals surface area contributed by atoms with Gasteiger partial charge in [-0.3, -0.25) is 0 Å². The van der Waals surface area contributed by atoms with Gasteiger partial charge in [-0.25, -0.2) is 0 Å². The molecule has 0 aliphatic carbocycles. The number of aliphatic imine (C=N–C) groups is 1. The molecule has 0 amide bonds. The van der Waals surface area contributed by atoms with Crippen molar-refractivity contribution in [2.75, 3.05) is 12.0 Å². The van der Waals surface area contributed by atoms with Gasteiger partial charge in [0.05, 0.1) is 0 Å². The van der Waals surface area contributed by atoms with Gasteiger partial charge in [0, 0.05) is 0 Å². The van der Waals surface area contributed by atoms with Crippen molar-refractivity contribution in [2.24, 2.45) is 4.99 Å². The maximum atomic E-state index is 13.8. The summed E-state index contributed by atoms with van der Waals surface area (Å²) in [6.45, 7) is 19.6. The van der Waals surface area contributed by atoms with Crippen molar-refractivity contribution >= 4 is 42.7 Å². The van der Waals surface area contributed by atoms with E-state index in [0.717, 1.165) is 68.7 Å². The monoisotopic (exact) mass is 655 g/mol. The number of rotatable bonds is 16. The van der Waals surface area contributed by atoms with E-state index >= 15 is 0 Å². The van der Waals surface area contributed by atoms with Crippen LogP contribution in [0.1, 0.15) is 124 Å². The first kappa shape index (κ1) is 35.3. The first-order valence-electron chi connectivity index (χ1n) is 14.9. The zero-order valence-electron chi connectivity index (χ0n) is 26.2. The van der Waals surface area contributed by atoms with Crippen LogP contribution in [0.3, 0.4) is 0 Å². The Labute approximate surface area is 243 Å². The molecule has 218 valence electrons. The van der Waals surface area contributed by atoms with Crippen LogP contribution >= 0.6 is 11.8 Å². The Morgan fingerprint density at radius 1 is 0.974 bits per heavy atom. The predicted octanol–water partition coefficient (Wildman–Crippen LogP) is 9.42. The molecule has 0 fully saturated rings. The third-order valence-corrected chi connectivity index (χ3v) is 20.6. The molecule has 1 aromatic carbocycles. The summed E-state index contributed by atoms with van der Waals surface area (Å²) in [5, 5.41) is 11.2. The summed E-state index contributed by atoms with van der Waals surface area (Å²) in [6, 6.07) is 3.61. The van der Waals surface area contributed by atoms with Crippen molar-refractivity contribution in [1.82, 2.24) is 0 Å². The van der Waals surface area contributed by atoms with Gasteiger partial charge in [0.25, 0.3) is 0 Å². The van der Waals surface area contributed by atoms with E-state index in [0.29, 0.717) is 12.0 Å². The number of carbonyl (C=O) groups excluding carboxylic acids is 1. The van der Waals surface area contributed by atoms with Gasteiger partial charge >= 0.3 is 245 Å². The third kappa shape index (κ3) is 11.4. The van der Waals surface area contributed by atoms with Crippen LogP contribution in [0.2, 0.25) is 13.3 Å². The molecular weight excluding hydrogens is 597 g/mol. The maximum absolute atomic E-state index is 13.8. The van der Waals surface area contributed by atoms with E-state index in [-0.39, 0.29) is 22.5 Å². The van der Waals surface area contributed by atoms with Gasteiger partial charge < -0.3 is 0 Å². The summed E-state index contributed by atoms with van der Waals surface area (Å²) < 4.78 is 10.0. The molecular formula is C32H57NO3SSn. The molecule has 0 saturated heterocycles. The average molecular weight is 655 g/mol.